The standard InChI is InChI=1S/C29H26N4O/c1-2-33(25-9-6-18-30-20-25)28-11-7-19-31-29(28)23-13-16-26(17-14-23)34-21-24-15-12-22-8-4-3-5-10-27(22)32-24/h4-20H,2-3,21H2,1H3. The second-order valence-corrected chi connectivity index (χ2v) is 7.96. The Labute approximate surface area is 200 Å². The van der Waals surface area contributed by atoms with Crippen molar-refractivity contribution < 1.29 is 4.74 Å². The van der Waals surface area contributed by atoms with E-state index < -0.39 is 0 Å². The fourth-order valence-electron chi connectivity index (χ4n) is 4.04. The average molecular weight is 447 g/mol. The van der Waals surface area contributed by atoms with Crippen LogP contribution in [0.4, 0.5) is 11.4 Å². The predicted molar refractivity (Wildman–Crippen MR) is 138 cm³/mol. The van der Waals surface area contributed by atoms with E-state index in [9.17, 15) is 0 Å². The summed E-state index contributed by atoms with van der Waals surface area (Å²) in [5.74, 6) is 0.799. The quantitative estimate of drug-likeness (QED) is 0.316. The maximum atomic E-state index is 6.03. The summed E-state index contributed by atoms with van der Waals surface area (Å²) in [6.07, 6.45) is 14.9. The van der Waals surface area contributed by atoms with Gasteiger partial charge >= 0.3 is 0 Å². The molecule has 0 unspecified atom stereocenters. The van der Waals surface area contributed by atoms with E-state index in [0.29, 0.717) is 6.61 Å². The molecule has 0 aliphatic heterocycles. The van der Waals surface area contributed by atoms with Gasteiger partial charge in [0.25, 0.3) is 0 Å². The summed E-state index contributed by atoms with van der Waals surface area (Å²) in [4.78, 5) is 15.9. The molecule has 5 rings (SSSR count). The minimum atomic E-state index is 0.420. The third kappa shape index (κ3) is 4.74. The van der Waals surface area contributed by atoms with Crippen molar-refractivity contribution in [3.63, 3.8) is 0 Å². The van der Waals surface area contributed by atoms with Crippen LogP contribution in [-0.4, -0.2) is 21.5 Å². The molecule has 34 heavy (non-hydrogen) atoms. The highest BCUT2D eigenvalue weighted by Gasteiger charge is 2.14. The van der Waals surface area contributed by atoms with Gasteiger partial charge in [-0.1, -0.05) is 24.3 Å². The smallest absolute Gasteiger partial charge is 0.130 e. The number of allylic oxidation sites excluding steroid dienone is 2. The van der Waals surface area contributed by atoms with Gasteiger partial charge in [-0.2, -0.15) is 0 Å². The normalized spacial score (nSPS) is 12.1. The van der Waals surface area contributed by atoms with Gasteiger partial charge in [0.1, 0.15) is 12.4 Å². The van der Waals surface area contributed by atoms with Crippen LogP contribution in [0.2, 0.25) is 0 Å². The second kappa shape index (κ2) is 10.1. The van der Waals surface area contributed by atoms with Gasteiger partial charge in [0.2, 0.25) is 0 Å². The number of fused-ring (bicyclic) bond motifs is 1. The Bertz CT molecular complexity index is 1310. The largest absolute Gasteiger partial charge is 0.487 e. The van der Waals surface area contributed by atoms with E-state index in [1.54, 1.807) is 6.20 Å². The Morgan fingerprint density at radius 2 is 1.76 bits per heavy atom. The van der Waals surface area contributed by atoms with Crippen LogP contribution in [0.25, 0.3) is 23.4 Å². The summed E-state index contributed by atoms with van der Waals surface area (Å²) >= 11 is 0. The van der Waals surface area contributed by atoms with Gasteiger partial charge in [0.05, 0.1) is 34.7 Å². The predicted octanol–water partition coefficient (Wildman–Crippen LogP) is 6.71. The molecule has 1 aromatic carbocycles. The first-order valence-electron chi connectivity index (χ1n) is 11.5. The molecule has 5 nitrogen and oxygen atoms in total. The number of nitrogens with zero attached hydrogens (tertiary/aromatic N) is 4. The Morgan fingerprint density at radius 1 is 0.912 bits per heavy atom. The molecular weight excluding hydrogens is 420 g/mol. The van der Waals surface area contributed by atoms with Gasteiger partial charge in [-0.25, -0.2) is 4.98 Å². The molecule has 0 N–H and O–H groups in total. The fourth-order valence-corrected chi connectivity index (χ4v) is 4.04. The van der Waals surface area contributed by atoms with Crippen LogP contribution in [0, 0.1) is 0 Å². The Balaban J connectivity index is 1.33. The molecule has 0 atom stereocenters. The third-order valence-electron chi connectivity index (χ3n) is 5.73. The first-order chi connectivity index (χ1) is 16.8. The zero-order valence-electron chi connectivity index (χ0n) is 19.1. The monoisotopic (exact) mass is 446 g/mol. The van der Waals surface area contributed by atoms with E-state index in [1.165, 1.54) is 0 Å². The average Bonchev–Trinajstić information content (AvgIpc) is 3.14. The number of hydrogen-bond donors (Lipinski definition) is 0. The number of pyridine rings is 3. The van der Waals surface area contributed by atoms with Crippen molar-refractivity contribution in [1.82, 2.24) is 15.0 Å². The van der Waals surface area contributed by atoms with E-state index in [4.69, 9.17) is 14.7 Å². The lowest BCUT2D eigenvalue weighted by Crippen LogP contribution is -2.17. The first-order valence-corrected chi connectivity index (χ1v) is 11.5. The number of rotatable bonds is 7. The van der Waals surface area contributed by atoms with Crippen molar-refractivity contribution in [2.45, 2.75) is 20.0 Å². The van der Waals surface area contributed by atoms with E-state index in [0.717, 1.165) is 58.3 Å². The molecule has 168 valence electrons. The third-order valence-corrected chi connectivity index (χ3v) is 5.73. The topological polar surface area (TPSA) is 51.1 Å². The molecule has 1 aliphatic carbocycles. The van der Waals surface area contributed by atoms with Crippen molar-refractivity contribution in [2.24, 2.45) is 0 Å². The van der Waals surface area contributed by atoms with Crippen molar-refractivity contribution in [1.29, 1.82) is 0 Å². The molecule has 0 amide bonds. The molecule has 0 fully saturated rings. The van der Waals surface area contributed by atoms with Crippen molar-refractivity contribution in [3.8, 4) is 17.0 Å². The van der Waals surface area contributed by atoms with Gasteiger partial charge < -0.3 is 9.64 Å². The van der Waals surface area contributed by atoms with Crippen molar-refractivity contribution in [2.75, 3.05) is 11.4 Å². The maximum absolute atomic E-state index is 6.03. The van der Waals surface area contributed by atoms with Crippen LogP contribution >= 0.6 is 0 Å². The summed E-state index contributed by atoms with van der Waals surface area (Å²) in [6.45, 7) is 3.36. The van der Waals surface area contributed by atoms with Crippen LogP contribution < -0.4 is 9.64 Å². The fraction of sp³-hybridized carbons (Fsp3) is 0.138. The van der Waals surface area contributed by atoms with Crippen LogP contribution in [0.5, 0.6) is 5.75 Å². The molecule has 5 heteroatoms. The Kier molecular flexibility index (Phi) is 6.43. The molecule has 3 aromatic heterocycles. The van der Waals surface area contributed by atoms with Crippen molar-refractivity contribution in [3.05, 3.63) is 108 Å². The molecule has 0 spiro atoms. The highest BCUT2D eigenvalue weighted by atomic mass is 16.5. The number of anilines is 2. The summed E-state index contributed by atoms with van der Waals surface area (Å²) in [6, 6.07) is 20.3. The minimum Gasteiger partial charge on any atom is -0.487 e. The SMILES string of the molecule is CCN(c1cccnc1)c1cccnc1-c1ccc(OCc2ccc3c(n2)C=CCC=C3)cc1. The summed E-state index contributed by atoms with van der Waals surface area (Å²) < 4.78 is 6.03. The lowest BCUT2D eigenvalue weighted by molar-refractivity contribution is 0.301. The Morgan fingerprint density at radius 3 is 2.59 bits per heavy atom. The van der Waals surface area contributed by atoms with Gasteiger partial charge in [-0.15, -0.1) is 0 Å². The van der Waals surface area contributed by atoms with Crippen molar-refractivity contribution >= 4 is 23.5 Å². The van der Waals surface area contributed by atoms with Crippen LogP contribution in [0.3, 0.4) is 0 Å². The minimum absolute atomic E-state index is 0.420. The molecule has 0 saturated heterocycles. The molecular formula is C29H26N4O. The van der Waals surface area contributed by atoms with Gasteiger partial charge in [-0.05, 0) is 79.6 Å². The zero-order valence-corrected chi connectivity index (χ0v) is 19.1. The first kappa shape index (κ1) is 21.6. The van der Waals surface area contributed by atoms with Crippen LogP contribution in [0.1, 0.15) is 30.3 Å². The second-order valence-electron chi connectivity index (χ2n) is 7.96. The van der Waals surface area contributed by atoms with Gasteiger partial charge in [0.15, 0.2) is 0 Å². The molecule has 4 aromatic rings. The molecule has 0 bridgehead atoms. The summed E-state index contributed by atoms with van der Waals surface area (Å²) in [5.41, 5.74) is 7.07. The van der Waals surface area contributed by atoms with E-state index in [1.807, 2.05) is 42.7 Å². The highest BCUT2D eigenvalue weighted by Crippen LogP contribution is 2.33. The van der Waals surface area contributed by atoms with Gasteiger partial charge in [-0.3, -0.25) is 9.97 Å². The molecule has 1 aliphatic rings. The van der Waals surface area contributed by atoms with Gasteiger partial charge in [0, 0.05) is 24.5 Å². The van der Waals surface area contributed by atoms with E-state index in [-0.39, 0.29) is 0 Å². The molecule has 0 radical (unpaired) electrons. The van der Waals surface area contributed by atoms with E-state index in [2.05, 4.69) is 71.4 Å². The maximum Gasteiger partial charge on any atom is 0.130 e. The highest BCUT2D eigenvalue weighted by molar-refractivity contribution is 5.79. The molecule has 0 saturated carbocycles. The Hall–Kier alpha value is -4.25. The number of ether oxygens (including phenoxy) is 1. The summed E-state index contributed by atoms with van der Waals surface area (Å²) in [7, 11) is 0. The lowest BCUT2D eigenvalue weighted by Gasteiger charge is -2.25. The van der Waals surface area contributed by atoms with Crippen LogP contribution in [0.15, 0.2) is 91.4 Å². The number of aromatic nitrogens is 3. The lowest BCUT2D eigenvalue weighted by atomic mass is 10.1. The molecule has 3 heterocycles. The number of benzene rings is 1. The summed E-state index contributed by atoms with van der Waals surface area (Å²) in [5, 5.41) is 0. The zero-order chi connectivity index (χ0) is 23.2. The van der Waals surface area contributed by atoms with Crippen LogP contribution in [-0.2, 0) is 6.61 Å². The number of hydrogen-bond acceptors (Lipinski definition) is 5. The van der Waals surface area contributed by atoms with E-state index >= 15 is 0 Å².